The van der Waals surface area contributed by atoms with Gasteiger partial charge < -0.3 is 18.9 Å². The molecule has 0 bridgehead atoms. The number of carbonyl (C=O) groups is 1. The molecule has 0 radical (unpaired) electrons. The van der Waals surface area contributed by atoms with Gasteiger partial charge in [0, 0.05) is 13.2 Å². The highest BCUT2D eigenvalue weighted by Gasteiger charge is 2.17. The Bertz CT molecular complexity index is 578. The van der Waals surface area contributed by atoms with Gasteiger partial charge in [0.1, 0.15) is 0 Å². The van der Waals surface area contributed by atoms with Crippen molar-refractivity contribution in [3.8, 4) is 11.7 Å². The van der Waals surface area contributed by atoms with E-state index in [-0.39, 0.29) is 17.8 Å². The molecule has 2 aromatic rings. The number of rotatable bonds is 6. The van der Waals surface area contributed by atoms with Crippen LogP contribution in [0.25, 0.3) is 11.7 Å². The highest BCUT2D eigenvalue weighted by Crippen LogP contribution is 2.23. The molecule has 0 spiro atoms. The summed E-state index contributed by atoms with van der Waals surface area (Å²) in [5.74, 6) is 0.972. The number of hydrogen-bond acceptors (Lipinski definition) is 7. The minimum absolute atomic E-state index is 0.0757. The first kappa shape index (κ1) is 14.2. The molecule has 1 aliphatic heterocycles. The van der Waals surface area contributed by atoms with Crippen LogP contribution in [0.2, 0.25) is 0 Å². The van der Waals surface area contributed by atoms with Crippen LogP contribution in [-0.4, -0.2) is 41.1 Å². The maximum Gasteiger partial charge on any atom is 0.284 e. The molecule has 7 nitrogen and oxygen atoms in total. The zero-order chi connectivity index (χ0) is 14.5. The van der Waals surface area contributed by atoms with E-state index in [2.05, 4.69) is 15.5 Å². The van der Waals surface area contributed by atoms with E-state index in [0.717, 1.165) is 19.4 Å². The second-order valence-electron chi connectivity index (χ2n) is 4.58. The number of aromatic nitrogens is 2. The van der Waals surface area contributed by atoms with Crippen molar-refractivity contribution in [3.05, 3.63) is 18.4 Å². The molecule has 3 rings (SSSR count). The van der Waals surface area contributed by atoms with Gasteiger partial charge in [-0.05, 0) is 25.0 Å². The molecule has 1 aliphatic rings. The monoisotopic (exact) mass is 309 g/mol. The van der Waals surface area contributed by atoms with Crippen molar-refractivity contribution >= 4 is 17.7 Å². The lowest BCUT2D eigenvalue weighted by Crippen LogP contribution is -2.32. The normalized spacial score (nSPS) is 18.0. The molecule has 0 saturated carbocycles. The summed E-state index contributed by atoms with van der Waals surface area (Å²) in [5, 5.41) is 10.9. The summed E-state index contributed by atoms with van der Waals surface area (Å²) < 4.78 is 16.0. The van der Waals surface area contributed by atoms with Gasteiger partial charge in [0.05, 0.1) is 18.1 Å². The van der Waals surface area contributed by atoms with E-state index in [1.165, 1.54) is 18.0 Å². The van der Waals surface area contributed by atoms with Gasteiger partial charge in [0.15, 0.2) is 5.76 Å². The fourth-order valence-corrected chi connectivity index (χ4v) is 2.57. The highest BCUT2D eigenvalue weighted by molar-refractivity contribution is 7.99. The van der Waals surface area contributed by atoms with E-state index in [4.69, 9.17) is 13.6 Å². The lowest BCUT2D eigenvalue weighted by Gasteiger charge is -2.09. The average molecular weight is 309 g/mol. The summed E-state index contributed by atoms with van der Waals surface area (Å²) >= 11 is 1.19. The van der Waals surface area contributed by atoms with Gasteiger partial charge >= 0.3 is 0 Å². The number of thioether (sulfide) groups is 1. The molecule has 0 unspecified atom stereocenters. The number of hydrogen-bond donors (Lipinski definition) is 1. The summed E-state index contributed by atoms with van der Waals surface area (Å²) in [6, 6.07) is 3.47. The SMILES string of the molecule is O=C(CSc1nnc(-c2ccco2)o1)NC[C@H]1CCCO1. The molecule has 1 amide bonds. The molecular formula is C13H15N3O4S. The summed E-state index contributed by atoms with van der Waals surface area (Å²) in [4.78, 5) is 11.7. The van der Waals surface area contributed by atoms with Crippen LogP contribution in [0.15, 0.2) is 32.5 Å². The summed E-state index contributed by atoms with van der Waals surface area (Å²) in [7, 11) is 0. The zero-order valence-electron chi connectivity index (χ0n) is 11.3. The zero-order valence-corrected chi connectivity index (χ0v) is 12.1. The number of carbonyl (C=O) groups excluding carboxylic acids is 1. The smallest absolute Gasteiger partial charge is 0.284 e. The van der Waals surface area contributed by atoms with Crippen LogP contribution in [0.4, 0.5) is 0 Å². The van der Waals surface area contributed by atoms with Crippen LogP contribution in [0.1, 0.15) is 12.8 Å². The molecule has 112 valence electrons. The van der Waals surface area contributed by atoms with Gasteiger partial charge in [-0.3, -0.25) is 4.79 Å². The van der Waals surface area contributed by atoms with Gasteiger partial charge in [0.25, 0.3) is 11.1 Å². The van der Waals surface area contributed by atoms with Gasteiger partial charge in [-0.1, -0.05) is 11.8 Å². The highest BCUT2D eigenvalue weighted by atomic mass is 32.2. The largest absolute Gasteiger partial charge is 0.459 e. The molecule has 3 heterocycles. The first-order valence-electron chi connectivity index (χ1n) is 6.70. The van der Waals surface area contributed by atoms with Gasteiger partial charge in [0.2, 0.25) is 5.91 Å². The fourth-order valence-electron chi connectivity index (χ4n) is 1.98. The van der Waals surface area contributed by atoms with Crippen molar-refractivity contribution in [2.45, 2.75) is 24.2 Å². The number of amides is 1. The van der Waals surface area contributed by atoms with E-state index in [0.29, 0.717) is 23.4 Å². The fraction of sp³-hybridized carbons (Fsp3) is 0.462. The topological polar surface area (TPSA) is 90.4 Å². The van der Waals surface area contributed by atoms with Crippen LogP contribution in [0, 0.1) is 0 Å². The van der Waals surface area contributed by atoms with Crippen molar-refractivity contribution in [3.63, 3.8) is 0 Å². The predicted molar refractivity (Wildman–Crippen MR) is 74.7 cm³/mol. The van der Waals surface area contributed by atoms with Crippen molar-refractivity contribution in [2.75, 3.05) is 18.9 Å². The van der Waals surface area contributed by atoms with Crippen LogP contribution in [0.3, 0.4) is 0 Å². The van der Waals surface area contributed by atoms with Gasteiger partial charge in [-0.2, -0.15) is 0 Å². The van der Waals surface area contributed by atoms with Crippen LogP contribution in [-0.2, 0) is 9.53 Å². The Hall–Kier alpha value is -1.80. The molecular weight excluding hydrogens is 294 g/mol. The standard InChI is InChI=1S/C13H15N3O4S/c17-11(14-7-9-3-1-5-18-9)8-21-13-16-15-12(20-13)10-4-2-6-19-10/h2,4,6,9H,1,3,5,7-8H2,(H,14,17)/t9-/m1/s1. The van der Waals surface area contributed by atoms with Crippen molar-refractivity contribution in [2.24, 2.45) is 0 Å². The van der Waals surface area contributed by atoms with E-state index in [1.54, 1.807) is 12.1 Å². The molecule has 0 aliphatic carbocycles. The summed E-state index contributed by atoms with van der Waals surface area (Å²) in [6.07, 6.45) is 3.74. The third kappa shape index (κ3) is 3.85. The van der Waals surface area contributed by atoms with Crippen LogP contribution < -0.4 is 5.32 Å². The number of nitrogens with one attached hydrogen (secondary N) is 1. The average Bonchev–Trinajstić information content (AvgIpc) is 3.24. The first-order valence-corrected chi connectivity index (χ1v) is 7.68. The first-order chi connectivity index (χ1) is 10.3. The molecule has 8 heteroatoms. The van der Waals surface area contributed by atoms with E-state index in [1.807, 2.05) is 0 Å². The lowest BCUT2D eigenvalue weighted by atomic mass is 10.2. The maximum atomic E-state index is 11.7. The lowest BCUT2D eigenvalue weighted by molar-refractivity contribution is -0.119. The minimum atomic E-state index is -0.0757. The van der Waals surface area contributed by atoms with E-state index in [9.17, 15) is 4.79 Å². The van der Waals surface area contributed by atoms with Crippen molar-refractivity contribution < 1.29 is 18.4 Å². The molecule has 1 N–H and O–H groups in total. The number of ether oxygens (including phenoxy) is 1. The maximum absolute atomic E-state index is 11.7. The molecule has 1 fully saturated rings. The quantitative estimate of drug-likeness (QED) is 0.812. The summed E-state index contributed by atoms with van der Waals surface area (Å²) in [5.41, 5.74) is 0. The Labute approximate surface area is 125 Å². The Morgan fingerprint density at radius 2 is 2.43 bits per heavy atom. The molecule has 21 heavy (non-hydrogen) atoms. The van der Waals surface area contributed by atoms with E-state index < -0.39 is 0 Å². The Morgan fingerprint density at radius 3 is 3.19 bits per heavy atom. The molecule has 2 aromatic heterocycles. The molecule has 1 atom stereocenters. The van der Waals surface area contributed by atoms with Crippen molar-refractivity contribution in [1.82, 2.24) is 15.5 Å². The number of nitrogens with zero attached hydrogens (tertiary/aromatic N) is 2. The number of furan rings is 1. The third-order valence-electron chi connectivity index (χ3n) is 3.02. The van der Waals surface area contributed by atoms with Gasteiger partial charge in [-0.15, -0.1) is 10.2 Å². The predicted octanol–water partition coefficient (Wildman–Crippen LogP) is 1.72. The van der Waals surface area contributed by atoms with Crippen LogP contribution >= 0.6 is 11.8 Å². The molecule has 0 aromatic carbocycles. The third-order valence-corrected chi connectivity index (χ3v) is 3.83. The Kier molecular flexibility index (Phi) is 4.56. The second kappa shape index (κ2) is 6.77. The minimum Gasteiger partial charge on any atom is -0.459 e. The second-order valence-corrected chi connectivity index (χ2v) is 5.50. The van der Waals surface area contributed by atoms with Gasteiger partial charge in [-0.25, -0.2) is 0 Å². The molecule has 1 saturated heterocycles. The summed E-state index contributed by atoms with van der Waals surface area (Å²) in [6.45, 7) is 1.34. The van der Waals surface area contributed by atoms with Crippen LogP contribution in [0.5, 0.6) is 0 Å². The van der Waals surface area contributed by atoms with Crippen molar-refractivity contribution in [1.29, 1.82) is 0 Å². The van der Waals surface area contributed by atoms with E-state index >= 15 is 0 Å². The Morgan fingerprint density at radius 1 is 1.48 bits per heavy atom. The Balaban J connectivity index is 1.43.